The largest absolute Gasteiger partial charge is 0.756 e. The first-order valence-electron chi connectivity index (χ1n) is 22.6. The zero-order chi connectivity index (χ0) is 43.7. The van der Waals surface area contributed by atoms with Crippen LogP contribution in [0.1, 0.15) is 162 Å². The van der Waals surface area contributed by atoms with Crippen LogP contribution in [0.25, 0.3) is 0 Å². The Morgan fingerprint density at radius 2 is 1.08 bits per heavy atom. The Balaban J connectivity index is 4.50. The van der Waals surface area contributed by atoms with Crippen molar-refractivity contribution in [2.45, 2.75) is 168 Å². The van der Waals surface area contributed by atoms with Gasteiger partial charge in [0.1, 0.15) is 19.8 Å². The number of esters is 2. The Bertz CT molecular complexity index is 1300. The van der Waals surface area contributed by atoms with Crippen LogP contribution in [0.4, 0.5) is 0 Å². The van der Waals surface area contributed by atoms with Crippen molar-refractivity contribution in [3.8, 4) is 0 Å². The molecule has 0 saturated carbocycles. The summed E-state index contributed by atoms with van der Waals surface area (Å²) in [5.41, 5.74) is 0. The maximum atomic E-state index is 12.7. The lowest BCUT2D eigenvalue weighted by Gasteiger charge is -2.28. The molecule has 0 fully saturated rings. The van der Waals surface area contributed by atoms with Crippen LogP contribution in [-0.2, 0) is 37.5 Å². The SMILES string of the molecule is CCCCC/C=C\C/C=C\CCCCCCCCCC(=O)O[C@H](COC(=O)CCC/C=C\C/C=C\C/C=C\C=C\C(=O)CCCCC)COP(=O)([O-])OCC[N+](C)(C)C. The maximum absolute atomic E-state index is 12.7. The summed E-state index contributed by atoms with van der Waals surface area (Å²) < 4.78 is 33.8. The average molecular weight is 848 g/mol. The molecule has 0 saturated heterocycles. The summed E-state index contributed by atoms with van der Waals surface area (Å²) in [5.74, 6) is -0.782. The van der Waals surface area contributed by atoms with Gasteiger partial charge in [-0.3, -0.25) is 18.9 Å². The molecule has 0 aliphatic rings. The minimum absolute atomic E-state index is 0.0544. The first kappa shape index (κ1) is 56.1. The molecule has 0 aromatic rings. The molecule has 10 nitrogen and oxygen atoms in total. The van der Waals surface area contributed by atoms with Crippen LogP contribution in [0.15, 0.2) is 72.9 Å². The number of nitrogens with zero attached hydrogens (tertiary/aromatic N) is 1. The minimum atomic E-state index is -4.66. The second-order valence-corrected chi connectivity index (χ2v) is 17.5. The van der Waals surface area contributed by atoms with Crippen LogP contribution in [0.3, 0.4) is 0 Å². The third-order valence-electron chi connectivity index (χ3n) is 9.18. The van der Waals surface area contributed by atoms with Crippen LogP contribution in [-0.4, -0.2) is 75.8 Å². The molecule has 0 aromatic carbocycles. The minimum Gasteiger partial charge on any atom is -0.756 e. The normalized spacial score (nSPS) is 14.1. The molecular formula is C48H82NO9P. The van der Waals surface area contributed by atoms with Crippen molar-refractivity contribution >= 4 is 25.5 Å². The van der Waals surface area contributed by atoms with Gasteiger partial charge in [0, 0.05) is 19.3 Å². The zero-order valence-electron chi connectivity index (χ0n) is 37.7. The molecule has 11 heteroatoms. The molecular weight excluding hydrogens is 766 g/mol. The van der Waals surface area contributed by atoms with Crippen molar-refractivity contribution in [2.75, 3.05) is 47.5 Å². The molecule has 0 heterocycles. The number of phosphoric ester groups is 1. The fourth-order valence-electron chi connectivity index (χ4n) is 5.57. The Kier molecular flexibility index (Phi) is 37.4. The number of ketones is 1. The van der Waals surface area contributed by atoms with Gasteiger partial charge in [0.15, 0.2) is 11.9 Å². The van der Waals surface area contributed by atoms with Gasteiger partial charge in [0.2, 0.25) is 0 Å². The molecule has 1 unspecified atom stereocenters. The number of carbonyl (C=O) groups is 3. The van der Waals surface area contributed by atoms with Crippen LogP contribution in [0.2, 0.25) is 0 Å². The number of unbranched alkanes of at least 4 members (excludes halogenated alkanes) is 13. The van der Waals surface area contributed by atoms with Crippen molar-refractivity contribution in [1.82, 2.24) is 0 Å². The van der Waals surface area contributed by atoms with E-state index in [9.17, 15) is 23.8 Å². The van der Waals surface area contributed by atoms with E-state index >= 15 is 0 Å². The fraction of sp³-hybridized carbons (Fsp3) is 0.688. The molecule has 0 spiro atoms. The summed E-state index contributed by atoms with van der Waals surface area (Å²) in [6.45, 7) is 3.93. The highest BCUT2D eigenvalue weighted by atomic mass is 31.2. The van der Waals surface area contributed by atoms with Crippen LogP contribution < -0.4 is 4.89 Å². The predicted octanol–water partition coefficient (Wildman–Crippen LogP) is 11.6. The standard InChI is InChI=1S/C48H82NO9P/c1-6-8-10-11-12-13-14-15-16-17-18-19-22-26-29-32-36-40-48(52)58-46(44-57-59(53,54)56-42-41-49(3,4)5)43-55-47(51)39-35-31-28-25-23-20-21-24-27-30-34-38-45(50)37-33-9-7-2/h12-13,15-16,20-21,25,27-28,30,34,38,46H,6-11,14,17-19,22-24,26,29,31-33,35-37,39-44H2,1-5H3/b13-12-,16-15-,21-20-,28-25-,30-27-,38-34+/t46-/m1/s1. The molecule has 0 N–H and O–H groups in total. The van der Waals surface area contributed by atoms with E-state index in [1.165, 1.54) is 44.9 Å². The monoisotopic (exact) mass is 848 g/mol. The molecule has 2 atom stereocenters. The number of carbonyl (C=O) groups excluding carboxylic acids is 3. The summed E-state index contributed by atoms with van der Waals surface area (Å²) in [5, 5.41) is 0. The fourth-order valence-corrected chi connectivity index (χ4v) is 6.30. The van der Waals surface area contributed by atoms with E-state index in [4.69, 9.17) is 18.5 Å². The Labute approximate surface area is 359 Å². The van der Waals surface area contributed by atoms with Crippen LogP contribution in [0, 0.1) is 0 Å². The number of likely N-dealkylation sites (N-methyl/N-ethyl adjacent to an activating group) is 1. The second-order valence-electron chi connectivity index (χ2n) is 16.1. The van der Waals surface area contributed by atoms with Gasteiger partial charge in [-0.25, -0.2) is 0 Å². The number of rotatable bonds is 40. The Morgan fingerprint density at radius 1 is 0.576 bits per heavy atom. The van der Waals surface area contributed by atoms with E-state index < -0.39 is 32.5 Å². The number of allylic oxidation sites excluding steroid dienone is 12. The van der Waals surface area contributed by atoms with Crippen molar-refractivity contribution < 1.29 is 46.8 Å². The highest BCUT2D eigenvalue weighted by Crippen LogP contribution is 2.38. The summed E-state index contributed by atoms with van der Waals surface area (Å²) in [7, 11) is 1.08. The third-order valence-corrected chi connectivity index (χ3v) is 10.1. The van der Waals surface area contributed by atoms with Gasteiger partial charge in [-0.2, -0.15) is 0 Å². The lowest BCUT2D eigenvalue weighted by Crippen LogP contribution is -2.37. The second kappa shape index (κ2) is 39.3. The Hall–Kier alpha value is -2.88. The lowest BCUT2D eigenvalue weighted by atomic mass is 10.1. The van der Waals surface area contributed by atoms with Crippen molar-refractivity contribution in [3.05, 3.63) is 72.9 Å². The number of hydrogen-bond donors (Lipinski definition) is 0. The molecule has 0 aromatic heterocycles. The van der Waals surface area contributed by atoms with Crippen LogP contribution >= 0.6 is 7.82 Å². The first-order valence-corrected chi connectivity index (χ1v) is 24.1. The summed E-state index contributed by atoms with van der Waals surface area (Å²) >= 11 is 0. The molecule has 0 rings (SSSR count). The molecule has 0 radical (unpaired) electrons. The van der Waals surface area contributed by atoms with Crippen LogP contribution in [0.5, 0.6) is 0 Å². The molecule has 338 valence electrons. The summed E-state index contributed by atoms with van der Waals surface area (Å²) in [4.78, 5) is 49.3. The van der Waals surface area contributed by atoms with E-state index in [0.717, 1.165) is 64.2 Å². The topological polar surface area (TPSA) is 128 Å². The Morgan fingerprint density at radius 3 is 1.71 bits per heavy atom. The van der Waals surface area contributed by atoms with Crippen molar-refractivity contribution in [2.24, 2.45) is 0 Å². The van der Waals surface area contributed by atoms with Crippen molar-refractivity contribution in [1.29, 1.82) is 0 Å². The maximum Gasteiger partial charge on any atom is 0.306 e. The van der Waals surface area contributed by atoms with Gasteiger partial charge in [-0.15, -0.1) is 0 Å². The van der Waals surface area contributed by atoms with Gasteiger partial charge >= 0.3 is 11.9 Å². The smallest absolute Gasteiger partial charge is 0.306 e. The summed E-state index contributed by atoms with van der Waals surface area (Å²) in [6.07, 6.45) is 44.8. The average Bonchev–Trinajstić information content (AvgIpc) is 3.18. The van der Waals surface area contributed by atoms with Gasteiger partial charge in [0.05, 0.1) is 27.7 Å². The van der Waals surface area contributed by atoms with E-state index in [-0.39, 0.29) is 31.8 Å². The number of ether oxygens (including phenoxy) is 2. The predicted molar refractivity (Wildman–Crippen MR) is 241 cm³/mol. The van der Waals surface area contributed by atoms with Gasteiger partial charge < -0.3 is 27.9 Å². The number of hydrogen-bond acceptors (Lipinski definition) is 9. The lowest BCUT2D eigenvalue weighted by molar-refractivity contribution is -0.870. The van der Waals surface area contributed by atoms with Gasteiger partial charge in [0.25, 0.3) is 7.82 Å². The van der Waals surface area contributed by atoms with Crippen molar-refractivity contribution in [3.63, 3.8) is 0 Å². The molecule has 0 bridgehead atoms. The van der Waals surface area contributed by atoms with E-state index in [0.29, 0.717) is 36.7 Å². The van der Waals surface area contributed by atoms with E-state index in [2.05, 4.69) is 50.3 Å². The van der Waals surface area contributed by atoms with E-state index in [1.54, 1.807) is 12.2 Å². The van der Waals surface area contributed by atoms with E-state index in [1.807, 2.05) is 45.4 Å². The summed E-state index contributed by atoms with van der Waals surface area (Å²) in [6, 6.07) is 0. The quantitative estimate of drug-likeness (QED) is 0.0113. The van der Waals surface area contributed by atoms with Gasteiger partial charge in [-0.05, 0) is 76.7 Å². The number of quaternary nitrogens is 1. The highest BCUT2D eigenvalue weighted by molar-refractivity contribution is 7.45. The number of phosphoric acid groups is 1. The zero-order valence-corrected chi connectivity index (χ0v) is 38.6. The first-order chi connectivity index (χ1) is 28.4. The van der Waals surface area contributed by atoms with Gasteiger partial charge in [-0.1, -0.05) is 138 Å². The molecule has 59 heavy (non-hydrogen) atoms. The molecule has 0 aliphatic heterocycles. The molecule has 0 aliphatic carbocycles. The molecule has 0 amide bonds. The third kappa shape index (κ3) is 43.0. The highest BCUT2D eigenvalue weighted by Gasteiger charge is 2.21.